The standard InChI is InChI=1S/C27H30ClN7O3S/c1-3-16-12-17(13-18-15-30-27(32-25(16)18)31-20-10-8-19(29)9-11-20)26-22(38-2)14-24(33-34-26)35-39(36,37)23-7-5-4-6-21(23)28/h4-7,12-15,19-20H,3,8-11,29H2,1-2H3,(H,33,35)(H,30,31,32)/t19-,20-. The number of methoxy groups -OCH3 is 1. The molecule has 2 aromatic heterocycles. The van der Waals surface area contributed by atoms with Gasteiger partial charge in [-0.15, -0.1) is 10.2 Å². The largest absolute Gasteiger partial charge is 0.494 e. The second-order valence-electron chi connectivity index (χ2n) is 9.56. The maximum absolute atomic E-state index is 12.8. The molecule has 39 heavy (non-hydrogen) atoms. The lowest BCUT2D eigenvalue weighted by molar-refractivity contribution is 0.410. The molecule has 4 aromatic rings. The fourth-order valence-electron chi connectivity index (χ4n) is 4.78. The molecule has 0 aliphatic heterocycles. The molecule has 0 saturated heterocycles. The Morgan fingerprint density at radius 1 is 1.10 bits per heavy atom. The summed E-state index contributed by atoms with van der Waals surface area (Å²) in [5.41, 5.74) is 9.15. The van der Waals surface area contributed by atoms with E-state index in [0.717, 1.165) is 54.1 Å². The number of hydrogen-bond donors (Lipinski definition) is 3. The summed E-state index contributed by atoms with van der Waals surface area (Å²) in [6, 6.07) is 12.2. The Balaban J connectivity index is 1.44. The second kappa shape index (κ2) is 11.3. The highest BCUT2D eigenvalue weighted by atomic mass is 35.5. The predicted octanol–water partition coefficient (Wildman–Crippen LogP) is 4.79. The Morgan fingerprint density at radius 2 is 1.87 bits per heavy atom. The quantitative estimate of drug-likeness (QED) is 0.273. The number of halogens is 1. The minimum atomic E-state index is -3.97. The molecule has 0 unspecified atom stereocenters. The Morgan fingerprint density at radius 3 is 2.59 bits per heavy atom. The van der Waals surface area contributed by atoms with Crippen molar-refractivity contribution in [3.63, 3.8) is 0 Å². The van der Waals surface area contributed by atoms with Crippen LogP contribution in [-0.4, -0.2) is 47.8 Å². The monoisotopic (exact) mass is 567 g/mol. The maximum Gasteiger partial charge on any atom is 0.264 e. The number of rotatable bonds is 8. The molecular weight excluding hydrogens is 538 g/mol. The number of hydrogen-bond acceptors (Lipinski definition) is 9. The van der Waals surface area contributed by atoms with E-state index in [1.54, 1.807) is 18.3 Å². The number of ether oxygens (including phenoxy) is 1. The minimum Gasteiger partial charge on any atom is -0.494 e. The average Bonchev–Trinajstić information content (AvgIpc) is 2.93. The number of benzene rings is 2. The van der Waals surface area contributed by atoms with Crippen LogP contribution in [0.15, 0.2) is 53.6 Å². The van der Waals surface area contributed by atoms with Crippen molar-refractivity contribution < 1.29 is 13.2 Å². The summed E-state index contributed by atoms with van der Waals surface area (Å²) in [5.74, 6) is 0.977. The van der Waals surface area contributed by atoms with Gasteiger partial charge in [0.1, 0.15) is 10.6 Å². The van der Waals surface area contributed by atoms with Gasteiger partial charge < -0.3 is 15.8 Å². The average molecular weight is 568 g/mol. The SMILES string of the molecule is CCc1cc(-c2nnc(NS(=O)(=O)c3ccccc3Cl)cc2OC)cc2cnc(N[C@H]3CC[C@H](N)CC3)nc12. The van der Waals surface area contributed by atoms with Crippen molar-refractivity contribution in [2.45, 2.75) is 56.0 Å². The van der Waals surface area contributed by atoms with Gasteiger partial charge in [0.25, 0.3) is 10.0 Å². The number of aromatic nitrogens is 4. The van der Waals surface area contributed by atoms with Gasteiger partial charge in [-0.1, -0.05) is 30.7 Å². The van der Waals surface area contributed by atoms with E-state index in [4.69, 9.17) is 27.1 Å². The van der Waals surface area contributed by atoms with E-state index in [9.17, 15) is 8.42 Å². The van der Waals surface area contributed by atoms with Gasteiger partial charge in [0.05, 0.1) is 17.6 Å². The first-order chi connectivity index (χ1) is 18.8. The van der Waals surface area contributed by atoms with Crippen molar-refractivity contribution in [3.05, 3.63) is 59.2 Å². The number of sulfonamides is 1. The smallest absolute Gasteiger partial charge is 0.264 e. The van der Waals surface area contributed by atoms with E-state index in [1.165, 1.54) is 25.3 Å². The molecule has 2 heterocycles. The molecular formula is C27H30ClN7O3S. The number of anilines is 2. The summed E-state index contributed by atoms with van der Waals surface area (Å²) < 4.78 is 33.7. The molecule has 0 bridgehead atoms. The van der Waals surface area contributed by atoms with E-state index >= 15 is 0 Å². The van der Waals surface area contributed by atoms with Gasteiger partial charge in [-0.25, -0.2) is 18.4 Å². The first-order valence-corrected chi connectivity index (χ1v) is 14.6. The molecule has 1 saturated carbocycles. The first kappa shape index (κ1) is 27.0. The summed E-state index contributed by atoms with van der Waals surface area (Å²) >= 11 is 6.08. The highest BCUT2D eigenvalue weighted by molar-refractivity contribution is 7.92. The Labute approximate surface area is 232 Å². The number of nitrogens with zero attached hydrogens (tertiary/aromatic N) is 4. The van der Waals surface area contributed by atoms with E-state index < -0.39 is 10.0 Å². The molecule has 1 aliphatic carbocycles. The van der Waals surface area contributed by atoms with E-state index in [-0.39, 0.29) is 21.8 Å². The van der Waals surface area contributed by atoms with Crippen LogP contribution in [0.2, 0.25) is 5.02 Å². The topological polar surface area (TPSA) is 145 Å². The van der Waals surface area contributed by atoms with Crippen LogP contribution in [0, 0.1) is 0 Å². The van der Waals surface area contributed by atoms with Gasteiger partial charge in [-0.2, -0.15) is 0 Å². The fraction of sp³-hybridized carbons (Fsp3) is 0.333. The molecule has 2 aromatic carbocycles. The van der Waals surface area contributed by atoms with Crippen molar-refractivity contribution in [1.29, 1.82) is 0 Å². The van der Waals surface area contributed by atoms with Crippen LogP contribution in [0.4, 0.5) is 11.8 Å². The molecule has 12 heteroatoms. The van der Waals surface area contributed by atoms with Crippen LogP contribution in [-0.2, 0) is 16.4 Å². The number of nitrogens with one attached hydrogen (secondary N) is 2. The van der Waals surface area contributed by atoms with Gasteiger partial charge >= 0.3 is 0 Å². The lowest BCUT2D eigenvalue weighted by Crippen LogP contribution is -2.33. The molecule has 4 N–H and O–H groups in total. The van der Waals surface area contributed by atoms with Crippen LogP contribution in [0.1, 0.15) is 38.2 Å². The summed E-state index contributed by atoms with van der Waals surface area (Å²) in [5, 5.41) is 12.8. The van der Waals surface area contributed by atoms with Gasteiger partial charge in [-0.05, 0) is 61.9 Å². The molecule has 0 spiro atoms. The molecule has 0 amide bonds. The molecule has 0 radical (unpaired) electrons. The van der Waals surface area contributed by atoms with E-state index in [1.807, 2.05) is 12.1 Å². The summed E-state index contributed by atoms with van der Waals surface area (Å²) in [4.78, 5) is 9.32. The van der Waals surface area contributed by atoms with Crippen LogP contribution < -0.4 is 20.5 Å². The first-order valence-electron chi connectivity index (χ1n) is 12.8. The second-order valence-corrected chi connectivity index (χ2v) is 11.6. The van der Waals surface area contributed by atoms with Crippen molar-refractivity contribution in [1.82, 2.24) is 20.2 Å². The third kappa shape index (κ3) is 5.90. The lowest BCUT2D eigenvalue weighted by Gasteiger charge is -2.26. The highest BCUT2D eigenvalue weighted by Crippen LogP contribution is 2.34. The van der Waals surface area contributed by atoms with Gasteiger partial charge in [0.15, 0.2) is 11.6 Å². The third-order valence-electron chi connectivity index (χ3n) is 6.87. The predicted molar refractivity (Wildman–Crippen MR) is 153 cm³/mol. The van der Waals surface area contributed by atoms with Gasteiger partial charge in [0, 0.05) is 35.3 Å². The van der Waals surface area contributed by atoms with Crippen LogP contribution in [0.25, 0.3) is 22.2 Å². The van der Waals surface area contributed by atoms with Crippen LogP contribution >= 0.6 is 11.6 Å². The normalized spacial score (nSPS) is 17.6. The van der Waals surface area contributed by atoms with E-state index in [2.05, 4.69) is 32.1 Å². The zero-order valence-electron chi connectivity index (χ0n) is 21.7. The zero-order valence-corrected chi connectivity index (χ0v) is 23.3. The number of fused-ring (bicyclic) bond motifs is 1. The van der Waals surface area contributed by atoms with Crippen molar-refractivity contribution in [3.8, 4) is 17.0 Å². The van der Waals surface area contributed by atoms with Crippen molar-refractivity contribution >= 4 is 44.3 Å². The Bertz CT molecular complexity index is 1610. The maximum atomic E-state index is 12.8. The lowest BCUT2D eigenvalue weighted by atomic mass is 9.92. The van der Waals surface area contributed by atoms with Crippen LogP contribution in [0.3, 0.4) is 0 Å². The molecule has 0 atom stereocenters. The number of aryl methyl sites for hydroxylation is 1. The number of nitrogens with two attached hydrogens (primary N) is 1. The fourth-order valence-corrected chi connectivity index (χ4v) is 6.28. The Hall–Kier alpha value is -3.54. The van der Waals surface area contributed by atoms with Crippen molar-refractivity contribution in [2.24, 2.45) is 5.73 Å². The molecule has 10 nitrogen and oxygen atoms in total. The Kier molecular flexibility index (Phi) is 7.83. The minimum absolute atomic E-state index is 0.00902. The van der Waals surface area contributed by atoms with Crippen LogP contribution in [0.5, 0.6) is 5.75 Å². The van der Waals surface area contributed by atoms with Crippen molar-refractivity contribution in [2.75, 3.05) is 17.1 Å². The molecule has 5 rings (SSSR count). The highest BCUT2D eigenvalue weighted by Gasteiger charge is 2.22. The zero-order chi connectivity index (χ0) is 27.6. The van der Waals surface area contributed by atoms with E-state index in [0.29, 0.717) is 23.4 Å². The molecule has 204 valence electrons. The van der Waals surface area contributed by atoms with Gasteiger partial charge in [-0.3, -0.25) is 4.72 Å². The molecule has 1 fully saturated rings. The third-order valence-corrected chi connectivity index (χ3v) is 8.72. The summed E-state index contributed by atoms with van der Waals surface area (Å²) in [6.07, 6.45) is 6.55. The molecule has 1 aliphatic rings. The van der Waals surface area contributed by atoms with Gasteiger partial charge in [0.2, 0.25) is 5.95 Å². The summed E-state index contributed by atoms with van der Waals surface area (Å²) in [7, 11) is -2.48. The summed E-state index contributed by atoms with van der Waals surface area (Å²) in [6.45, 7) is 2.06.